The minimum atomic E-state index is 0.589. The lowest BCUT2D eigenvalue weighted by molar-refractivity contribution is 0.404. The van der Waals surface area contributed by atoms with Gasteiger partial charge in [0.05, 0.1) is 4.70 Å². The number of aryl methyl sites for hydroxylation is 1. The fraction of sp³-hybridized carbons (Fsp3) is 0.615. The first-order chi connectivity index (χ1) is 8.38. The van der Waals surface area contributed by atoms with E-state index in [0.717, 1.165) is 25.1 Å². The van der Waals surface area contributed by atoms with Crippen LogP contribution in [0.4, 0.5) is 0 Å². The summed E-state index contributed by atoms with van der Waals surface area (Å²) < 4.78 is 6.76. The molecule has 92 valence electrons. The lowest BCUT2D eigenvalue weighted by Gasteiger charge is -2.20. The summed E-state index contributed by atoms with van der Waals surface area (Å²) in [7, 11) is 0. The van der Waals surface area contributed by atoms with Crippen molar-refractivity contribution < 1.29 is 4.52 Å². The average molecular weight is 250 g/mol. The summed E-state index contributed by atoms with van der Waals surface area (Å²) in [6.45, 7) is 4.42. The molecule has 0 amide bonds. The van der Waals surface area contributed by atoms with Gasteiger partial charge in [-0.2, -0.15) is 0 Å². The van der Waals surface area contributed by atoms with Crippen LogP contribution in [0.5, 0.6) is 0 Å². The summed E-state index contributed by atoms with van der Waals surface area (Å²) in [5.41, 5.74) is 2.20. The van der Waals surface area contributed by atoms with Gasteiger partial charge in [0.25, 0.3) is 0 Å². The van der Waals surface area contributed by atoms with E-state index < -0.39 is 0 Å². The van der Waals surface area contributed by atoms with Crippen molar-refractivity contribution in [2.75, 3.05) is 13.1 Å². The molecule has 3 heterocycles. The van der Waals surface area contributed by atoms with Crippen LogP contribution in [0, 0.1) is 0 Å². The van der Waals surface area contributed by atoms with E-state index in [4.69, 9.17) is 4.52 Å². The highest BCUT2D eigenvalue weighted by atomic mass is 32.1. The number of hydrogen-bond acceptors (Lipinski definition) is 4. The average Bonchev–Trinajstić information content (AvgIpc) is 2.90. The number of fused-ring (bicyclic) bond motifs is 1. The van der Waals surface area contributed by atoms with Gasteiger partial charge in [0.2, 0.25) is 0 Å². The van der Waals surface area contributed by atoms with Crippen LogP contribution in [0.1, 0.15) is 42.7 Å². The molecule has 1 saturated heterocycles. The zero-order valence-corrected chi connectivity index (χ0v) is 11.0. The predicted molar refractivity (Wildman–Crippen MR) is 70.7 cm³/mol. The Kier molecular flexibility index (Phi) is 3.16. The van der Waals surface area contributed by atoms with Crippen LogP contribution in [-0.4, -0.2) is 18.2 Å². The number of aromatic nitrogens is 1. The number of hydrogen-bond donors (Lipinski definition) is 1. The topological polar surface area (TPSA) is 38.1 Å². The second kappa shape index (κ2) is 4.78. The molecule has 3 rings (SSSR count). The van der Waals surface area contributed by atoms with Crippen LogP contribution >= 0.6 is 11.3 Å². The molecule has 1 N–H and O–H groups in total. The molecule has 2 aromatic rings. The Labute approximate surface area is 105 Å². The van der Waals surface area contributed by atoms with Gasteiger partial charge in [0.15, 0.2) is 5.58 Å². The van der Waals surface area contributed by atoms with Crippen LogP contribution in [0.15, 0.2) is 10.6 Å². The molecule has 4 heteroatoms. The SMILES string of the molecule is CCCc1cc2onc(C3CCNCC3)c2s1. The first kappa shape index (κ1) is 11.2. The van der Waals surface area contributed by atoms with Crippen LogP contribution in [0.2, 0.25) is 0 Å². The Morgan fingerprint density at radius 3 is 3.06 bits per heavy atom. The van der Waals surface area contributed by atoms with Crippen molar-refractivity contribution in [1.29, 1.82) is 0 Å². The van der Waals surface area contributed by atoms with E-state index >= 15 is 0 Å². The second-order valence-corrected chi connectivity index (χ2v) is 5.88. The predicted octanol–water partition coefficient (Wildman–Crippen LogP) is 3.31. The van der Waals surface area contributed by atoms with E-state index in [1.54, 1.807) is 0 Å². The summed E-state index contributed by atoms with van der Waals surface area (Å²) in [5.74, 6) is 0.589. The monoisotopic (exact) mass is 250 g/mol. The summed E-state index contributed by atoms with van der Waals surface area (Å²) >= 11 is 1.87. The molecule has 1 aliphatic heterocycles. The Bertz CT molecular complexity index is 496. The lowest BCUT2D eigenvalue weighted by atomic mass is 9.95. The lowest BCUT2D eigenvalue weighted by Crippen LogP contribution is -2.26. The second-order valence-electron chi connectivity index (χ2n) is 4.75. The van der Waals surface area contributed by atoms with Crippen molar-refractivity contribution in [2.45, 2.75) is 38.5 Å². The van der Waals surface area contributed by atoms with Crippen molar-refractivity contribution >= 4 is 21.6 Å². The molecule has 1 aliphatic rings. The van der Waals surface area contributed by atoms with Crippen LogP contribution in [-0.2, 0) is 6.42 Å². The molecule has 0 atom stereocenters. The first-order valence-corrected chi connectivity index (χ1v) is 7.29. The van der Waals surface area contributed by atoms with Crippen molar-refractivity contribution in [3.05, 3.63) is 16.6 Å². The fourth-order valence-corrected chi connectivity index (χ4v) is 3.77. The van der Waals surface area contributed by atoms with Gasteiger partial charge in [-0.3, -0.25) is 0 Å². The molecule has 0 aliphatic carbocycles. The molecule has 3 nitrogen and oxygen atoms in total. The summed E-state index contributed by atoms with van der Waals surface area (Å²) in [6.07, 6.45) is 4.71. The highest BCUT2D eigenvalue weighted by molar-refractivity contribution is 7.19. The number of rotatable bonds is 3. The highest BCUT2D eigenvalue weighted by Gasteiger charge is 2.22. The molecule has 1 fully saturated rings. The minimum absolute atomic E-state index is 0.589. The molecule has 0 saturated carbocycles. The molecule has 0 unspecified atom stereocenters. The molecule has 0 spiro atoms. The standard InChI is InChI=1S/C13H18N2OS/c1-2-3-10-8-11-13(17-10)12(15-16-11)9-4-6-14-7-5-9/h8-9,14H,2-7H2,1H3. The maximum atomic E-state index is 5.47. The molecular weight excluding hydrogens is 232 g/mol. The molecule has 0 bridgehead atoms. The summed E-state index contributed by atoms with van der Waals surface area (Å²) in [5, 5.41) is 7.68. The smallest absolute Gasteiger partial charge is 0.178 e. The van der Waals surface area contributed by atoms with Gasteiger partial charge in [-0.05, 0) is 38.4 Å². The van der Waals surface area contributed by atoms with Crippen molar-refractivity contribution in [3.63, 3.8) is 0 Å². The minimum Gasteiger partial charge on any atom is -0.355 e. The van der Waals surface area contributed by atoms with Gasteiger partial charge in [0, 0.05) is 10.8 Å². The molecule has 0 radical (unpaired) electrons. The number of piperidine rings is 1. The van der Waals surface area contributed by atoms with Gasteiger partial charge >= 0.3 is 0 Å². The molecule has 17 heavy (non-hydrogen) atoms. The van der Waals surface area contributed by atoms with E-state index in [0.29, 0.717) is 5.92 Å². The largest absolute Gasteiger partial charge is 0.355 e. The van der Waals surface area contributed by atoms with Crippen LogP contribution in [0.25, 0.3) is 10.3 Å². The van der Waals surface area contributed by atoms with Gasteiger partial charge in [-0.25, -0.2) is 0 Å². The number of nitrogens with one attached hydrogen (secondary N) is 1. The quantitative estimate of drug-likeness (QED) is 0.908. The third-order valence-electron chi connectivity index (χ3n) is 3.45. The van der Waals surface area contributed by atoms with Crippen molar-refractivity contribution in [3.8, 4) is 0 Å². The third kappa shape index (κ3) is 2.11. The molecule has 0 aromatic carbocycles. The van der Waals surface area contributed by atoms with Crippen molar-refractivity contribution in [2.24, 2.45) is 0 Å². The van der Waals surface area contributed by atoms with E-state index in [1.165, 1.54) is 34.5 Å². The van der Waals surface area contributed by atoms with Gasteiger partial charge in [-0.15, -0.1) is 11.3 Å². The normalized spacial score (nSPS) is 17.9. The number of thiophene rings is 1. The van der Waals surface area contributed by atoms with E-state index in [2.05, 4.69) is 23.5 Å². The molecular formula is C13H18N2OS. The van der Waals surface area contributed by atoms with E-state index in [-0.39, 0.29) is 0 Å². The Morgan fingerprint density at radius 2 is 2.29 bits per heavy atom. The Morgan fingerprint density at radius 1 is 1.47 bits per heavy atom. The number of nitrogens with zero attached hydrogens (tertiary/aromatic N) is 1. The molecule has 2 aromatic heterocycles. The Hall–Kier alpha value is -0.870. The zero-order chi connectivity index (χ0) is 11.7. The summed E-state index contributed by atoms with van der Waals surface area (Å²) in [4.78, 5) is 1.43. The van der Waals surface area contributed by atoms with Gasteiger partial charge in [-0.1, -0.05) is 18.5 Å². The summed E-state index contributed by atoms with van der Waals surface area (Å²) in [6, 6.07) is 2.17. The van der Waals surface area contributed by atoms with E-state index in [9.17, 15) is 0 Å². The fourth-order valence-electron chi connectivity index (χ4n) is 2.53. The maximum absolute atomic E-state index is 5.47. The van der Waals surface area contributed by atoms with Crippen LogP contribution < -0.4 is 5.32 Å². The van der Waals surface area contributed by atoms with E-state index in [1.807, 2.05) is 11.3 Å². The third-order valence-corrected chi connectivity index (χ3v) is 4.64. The Balaban J connectivity index is 1.92. The van der Waals surface area contributed by atoms with Crippen molar-refractivity contribution in [1.82, 2.24) is 10.5 Å². The highest BCUT2D eigenvalue weighted by Crippen LogP contribution is 2.36. The zero-order valence-electron chi connectivity index (χ0n) is 10.2. The van der Waals surface area contributed by atoms with Gasteiger partial charge in [0.1, 0.15) is 5.69 Å². The van der Waals surface area contributed by atoms with Gasteiger partial charge < -0.3 is 9.84 Å². The first-order valence-electron chi connectivity index (χ1n) is 6.47. The maximum Gasteiger partial charge on any atom is 0.178 e. The van der Waals surface area contributed by atoms with Crippen LogP contribution in [0.3, 0.4) is 0 Å².